The summed E-state index contributed by atoms with van der Waals surface area (Å²) in [6.07, 6.45) is 6.14. The lowest BCUT2D eigenvalue weighted by atomic mass is 9.72. The zero-order valence-electron chi connectivity index (χ0n) is 14.8. The van der Waals surface area contributed by atoms with Crippen LogP contribution in [-0.4, -0.2) is 43.7 Å². The molecular weight excluding hydrogens is 330 g/mol. The number of carboxylic acids is 1. The van der Waals surface area contributed by atoms with Crippen LogP contribution in [0.4, 0.5) is 0 Å². The molecule has 3 atom stereocenters. The van der Waals surface area contributed by atoms with Gasteiger partial charge in [-0.1, -0.05) is 37.3 Å². The molecule has 2 aliphatic rings. The van der Waals surface area contributed by atoms with Gasteiger partial charge in [0, 0.05) is 18.3 Å². The fraction of sp³-hybridized carbons (Fsp3) is 0.450. The largest absolute Gasteiger partial charge is 0.481 e. The second kappa shape index (κ2) is 6.27. The van der Waals surface area contributed by atoms with Crippen molar-refractivity contribution in [3.63, 3.8) is 0 Å². The zero-order chi connectivity index (χ0) is 18.3. The number of hydrogen-bond acceptors (Lipinski definition) is 3. The summed E-state index contributed by atoms with van der Waals surface area (Å²) in [5.41, 5.74) is 0.861. The Bertz CT molecular complexity index is 832. The monoisotopic (exact) mass is 353 g/mol. The van der Waals surface area contributed by atoms with E-state index >= 15 is 0 Å². The van der Waals surface area contributed by atoms with Crippen LogP contribution in [0.1, 0.15) is 48.5 Å². The molecule has 26 heavy (non-hydrogen) atoms. The van der Waals surface area contributed by atoms with Gasteiger partial charge in [0.15, 0.2) is 0 Å². The van der Waals surface area contributed by atoms with E-state index in [4.69, 9.17) is 0 Å². The van der Waals surface area contributed by atoms with E-state index in [1.54, 1.807) is 17.1 Å². The lowest BCUT2D eigenvalue weighted by Gasteiger charge is -2.32. The van der Waals surface area contributed by atoms with Crippen molar-refractivity contribution >= 4 is 11.9 Å². The maximum absolute atomic E-state index is 13.1. The van der Waals surface area contributed by atoms with E-state index in [2.05, 4.69) is 5.10 Å². The number of hydrogen-bond donors (Lipinski definition) is 1. The van der Waals surface area contributed by atoms with E-state index in [0.717, 1.165) is 18.4 Å². The summed E-state index contributed by atoms with van der Waals surface area (Å²) in [4.78, 5) is 26.8. The van der Waals surface area contributed by atoms with Crippen molar-refractivity contribution in [2.24, 2.45) is 5.41 Å². The first-order chi connectivity index (χ1) is 12.5. The highest BCUT2D eigenvalue weighted by atomic mass is 16.4. The molecule has 2 fully saturated rings. The Balaban J connectivity index is 1.55. The van der Waals surface area contributed by atoms with E-state index in [0.29, 0.717) is 24.9 Å². The normalized spacial score (nSPS) is 27.0. The van der Waals surface area contributed by atoms with Crippen LogP contribution in [-0.2, 0) is 11.3 Å². The molecule has 6 nitrogen and oxygen atoms in total. The van der Waals surface area contributed by atoms with Gasteiger partial charge in [-0.2, -0.15) is 5.10 Å². The van der Waals surface area contributed by atoms with Gasteiger partial charge in [-0.15, -0.1) is 0 Å². The summed E-state index contributed by atoms with van der Waals surface area (Å²) in [6.45, 7) is 2.52. The highest BCUT2D eigenvalue weighted by Gasteiger charge is 2.60. The summed E-state index contributed by atoms with van der Waals surface area (Å²) in [5.74, 6) is -0.863. The van der Waals surface area contributed by atoms with E-state index < -0.39 is 11.4 Å². The number of aromatic nitrogens is 2. The molecule has 136 valence electrons. The molecule has 2 bridgehead atoms. The second-order valence-corrected chi connectivity index (χ2v) is 7.39. The minimum Gasteiger partial charge on any atom is -0.481 e. The summed E-state index contributed by atoms with van der Waals surface area (Å²) in [7, 11) is 0. The summed E-state index contributed by atoms with van der Waals surface area (Å²) in [6, 6.07) is 9.78. The number of nitrogens with zero attached hydrogens (tertiary/aromatic N) is 3. The number of carbonyl (C=O) groups is 2. The number of rotatable bonds is 5. The van der Waals surface area contributed by atoms with Crippen molar-refractivity contribution in [3.05, 3.63) is 53.9 Å². The molecule has 0 radical (unpaired) electrons. The van der Waals surface area contributed by atoms with Gasteiger partial charge < -0.3 is 10.0 Å². The molecule has 1 amide bonds. The van der Waals surface area contributed by atoms with Gasteiger partial charge in [0.25, 0.3) is 5.91 Å². The van der Waals surface area contributed by atoms with Crippen LogP contribution in [0, 0.1) is 5.41 Å². The molecule has 2 aromatic rings. The molecule has 6 heteroatoms. The standard InChI is InChI=1S/C20H23N3O3/c1-2-20(19(25)26)10-16-8-9-17(20)23(16)18(24)15-11-21-22(13-15)12-14-6-4-3-5-7-14/h3-7,11,13,16-17H,2,8-10,12H2,1H3,(H,25,26)/t16-,17+,20+/m0/s1. The molecule has 1 aromatic heterocycles. The molecule has 1 aromatic carbocycles. The first-order valence-corrected chi connectivity index (χ1v) is 9.17. The molecule has 0 aliphatic carbocycles. The summed E-state index contributed by atoms with van der Waals surface area (Å²) in [5, 5.41) is 14.1. The first-order valence-electron chi connectivity index (χ1n) is 9.17. The van der Waals surface area contributed by atoms with Crippen LogP contribution in [0.15, 0.2) is 42.7 Å². The van der Waals surface area contributed by atoms with Crippen molar-refractivity contribution in [2.75, 3.05) is 0 Å². The fourth-order valence-corrected chi connectivity index (χ4v) is 4.73. The maximum Gasteiger partial charge on any atom is 0.311 e. The Morgan fingerprint density at radius 2 is 2.04 bits per heavy atom. The zero-order valence-corrected chi connectivity index (χ0v) is 14.8. The van der Waals surface area contributed by atoms with Crippen LogP contribution >= 0.6 is 0 Å². The first kappa shape index (κ1) is 16.8. The fourth-order valence-electron chi connectivity index (χ4n) is 4.73. The van der Waals surface area contributed by atoms with E-state index in [9.17, 15) is 14.7 Å². The molecule has 0 unspecified atom stereocenters. The van der Waals surface area contributed by atoms with Crippen molar-refractivity contribution in [2.45, 2.75) is 51.2 Å². The Morgan fingerprint density at radius 1 is 1.27 bits per heavy atom. The van der Waals surface area contributed by atoms with Crippen LogP contribution in [0.2, 0.25) is 0 Å². The van der Waals surface area contributed by atoms with Gasteiger partial charge in [-0.3, -0.25) is 14.3 Å². The van der Waals surface area contributed by atoms with Crippen LogP contribution in [0.3, 0.4) is 0 Å². The molecule has 2 aliphatic heterocycles. The average molecular weight is 353 g/mol. The van der Waals surface area contributed by atoms with Crippen LogP contribution in [0.5, 0.6) is 0 Å². The molecule has 2 saturated heterocycles. The molecular formula is C20H23N3O3. The highest BCUT2D eigenvalue weighted by Crippen LogP contribution is 2.52. The maximum atomic E-state index is 13.1. The van der Waals surface area contributed by atoms with Gasteiger partial charge in [0.2, 0.25) is 0 Å². The summed E-state index contributed by atoms with van der Waals surface area (Å²) < 4.78 is 1.75. The predicted molar refractivity (Wildman–Crippen MR) is 95.7 cm³/mol. The van der Waals surface area contributed by atoms with Crippen molar-refractivity contribution < 1.29 is 14.7 Å². The number of fused-ring (bicyclic) bond motifs is 2. The minimum absolute atomic E-state index is 0.0287. The number of aliphatic carboxylic acids is 1. The lowest BCUT2D eigenvalue weighted by Crippen LogP contribution is -2.44. The quantitative estimate of drug-likeness (QED) is 0.897. The Kier molecular flexibility index (Phi) is 4.05. The number of benzene rings is 1. The van der Waals surface area contributed by atoms with Gasteiger partial charge in [-0.25, -0.2) is 0 Å². The third-order valence-corrected chi connectivity index (χ3v) is 6.10. The van der Waals surface area contributed by atoms with Crippen LogP contribution in [0.25, 0.3) is 0 Å². The second-order valence-electron chi connectivity index (χ2n) is 7.39. The van der Waals surface area contributed by atoms with Crippen molar-refractivity contribution in [3.8, 4) is 0 Å². The predicted octanol–water partition coefficient (Wildman–Crippen LogP) is 2.79. The molecule has 3 heterocycles. The number of amides is 1. The van der Waals surface area contributed by atoms with E-state index in [1.807, 2.05) is 42.2 Å². The number of carbonyl (C=O) groups excluding carboxylic acids is 1. The SMILES string of the molecule is CC[C@@]1(C(=O)O)C[C@@H]2CC[C@H]1N2C(=O)c1cnn(Cc2ccccc2)c1. The molecule has 1 N–H and O–H groups in total. The topological polar surface area (TPSA) is 75.4 Å². The summed E-state index contributed by atoms with van der Waals surface area (Å²) >= 11 is 0. The van der Waals surface area contributed by atoms with Gasteiger partial charge in [0.05, 0.1) is 23.7 Å². The Morgan fingerprint density at radius 3 is 2.69 bits per heavy atom. The van der Waals surface area contributed by atoms with Crippen LogP contribution < -0.4 is 0 Å². The third kappa shape index (κ3) is 2.52. The Hall–Kier alpha value is -2.63. The van der Waals surface area contributed by atoms with Crippen molar-refractivity contribution in [1.29, 1.82) is 0 Å². The van der Waals surface area contributed by atoms with E-state index in [-0.39, 0.29) is 18.0 Å². The van der Waals surface area contributed by atoms with Gasteiger partial charge >= 0.3 is 5.97 Å². The smallest absolute Gasteiger partial charge is 0.311 e. The minimum atomic E-state index is -0.793. The Labute approximate surface area is 152 Å². The van der Waals surface area contributed by atoms with Gasteiger partial charge in [-0.05, 0) is 31.2 Å². The molecule has 4 rings (SSSR count). The number of carboxylic acid groups (broad SMARTS) is 1. The van der Waals surface area contributed by atoms with E-state index in [1.165, 1.54) is 0 Å². The lowest BCUT2D eigenvalue weighted by molar-refractivity contribution is -0.151. The van der Waals surface area contributed by atoms with Gasteiger partial charge in [0.1, 0.15) is 0 Å². The highest BCUT2D eigenvalue weighted by molar-refractivity contribution is 5.95. The molecule has 0 spiro atoms. The van der Waals surface area contributed by atoms with Crippen molar-refractivity contribution in [1.82, 2.24) is 14.7 Å². The third-order valence-electron chi connectivity index (χ3n) is 6.10. The molecule has 0 saturated carbocycles. The average Bonchev–Trinajstić information content (AvgIpc) is 3.35.